The summed E-state index contributed by atoms with van der Waals surface area (Å²) in [6.07, 6.45) is 3.07. The number of hydrogen-bond donors (Lipinski definition) is 1. The molecule has 3 rings (SSSR count). The molecule has 1 aromatic rings. The molecule has 2 aliphatic carbocycles. The predicted octanol–water partition coefficient (Wildman–Crippen LogP) is 3.75. The third-order valence-electron chi connectivity index (χ3n) is 3.51. The number of hydrogen-bond acceptors (Lipinski definition) is 2. The van der Waals surface area contributed by atoms with Crippen LogP contribution in [0.2, 0.25) is 0 Å². The molecular weight excluding hydrogens is 236 g/mol. The van der Waals surface area contributed by atoms with Crippen molar-refractivity contribution in [1.29, 1.82) is 0 Å². The molecule has 0 saturated heterocycles. The van der Waals surface area contributed by atoms with Crippen molar-refractivity contribution in [3.63, 3.8) is 0 Å². The van der Waals surface area contributed by atoms with Crippen molar-refractivity contribution in [3.8, 4) is 5.75 Å². The van der Waals surface area contributed by atoms with Gasteiger partial charge >= 0.3 is 0 Å². The van der Waals surface area contributed by atoms with E-state index in [2.05, 4.69) is 0 Å². The maximum atomic E-state index is 13.4. The Morgan fingerprint density at radius 1 is 1.06 bits per heavy atom. The van der Waals surface area contributed by atoms with E-state index in [0.717, 1.165) is 36.8 Å². The lowest BCUT2D eigenvalue weighted by Crippen LogP contribution is -2.15. The first-order chi connectivity index (χ1) is 8.63. The van der Waals surface area contributed by atoms with Crippen molar-refractivity contribution < 1.29 is 13.5 Å². The maximum absolute atomic E-state index is 13.4. The van der Waals surface area contributed by atoms with Crippen molar-refractivity contribution in [2.75, 3.05) is 5.73 Å². The number of ether oxygens (including phenoxy) is 1. The Kier molecular flexibility index (Phi) is 3.73. The van der Waals surface area contributed by atoms with Crippen LogP contribution in [0.15, 0.2) is 12.1 Å². The summed E-state index contributed by atoms with van der Waals surface area (Å²) in [5.41, 5.74) is 5.41. The van der Waals surface area contributed by atoms with Gasteiger partial charge in [0.1, 0.15) is 0 Å². The standard InChI is InChI=1S/C12H13F2NO.C2H6/c13-10-4-8(15)5-11(14)12(10)16-9-2-6-1-7(6)3-9;1-2/h4-7,9H,1-3,15H2;1-2H3. The van der Waals surface area contributed by atoms with Crippen molar-refractivity contribution in [1.82, 2.24) is 0 Å². The maximum Gasteiger partial charge on any atom is 0.191 e. The first-order valence-electron chi connectivity index (χ1n) is 6.54. The van der Waals surface area contributed by atoms with Crippen LogP contribution in [-0.4, -0.2) is 6.10 Å². The Balaban J connectivity index is 0.000000574. The first kappa shape index (κ1) is 13.1. The normalized spacial score (nSPS) is 28.1. The number of halogens is 2. The van der Waals surface area contributed by atoms with Crippen molar-refractivity contribution in [2.45, 2.75) is 39.2 Å². The highest BCUT2D eigenvalue weighted by molar-refractivity contribution is 5.44. The van der Waals surface area contributed by atoms with E-state index in [0.29, 0.717) is 0 Å². The summed E-state index contributed by atoms with van der Waals surface area (Å²) in [6, 6.07) is 2.18. The van der Waals surface area contributed by atoms with Crippen molar-refractivity contribution in [2.24, 2.45) is 11.8 Å². The topological polar surface area (TPSA) is 35.2 Å². The van der Waals surface area contributed by atoms with Crippen LogP contribution in [0, 0.1) is 23.5 Å². The third kappa shape index (κ3) is 2.57. The molecule has 1 aromatic carbocycles. The number of rotatable bonds is 2. The van der Waals surface area contributed by atoms with Crippen LogP contribution in [0.1, 0.15) is 33.1 Å². The fourth-order valence-electron chi connectivity index (χ4n) is 2.61. The minimum Gasteiger partial charge on any atom is -0.484 e. The summed E-state index contributed by atoms with van der Waals surface area (Å²) in [4.78, 5) is 0. The number of nitrogen functional groups attached to an aromatic ring is 1. The molecule has 2 fully saturated rings. The van der Waals surface area contributed by atoms with E-state index < -0.39 is 11.6 Å². The highest BCUT2D eigenvalue weighted by Crippen LogP contribution is 2.52. The van der Waals surface area contributed by atoms with Crippen molar-refractivity contribution in [3.05, 3.63) is 23.8 Å². The highest BCUT2D eigenvalue weighted by atomic mass is 19.1. The number of benzene rings is 1. The third-order valence-corrected chi connectivity index (χ3v) is 3.51. The van der Waals surface area contributed by atoms with E-state index in [9.17, 15) is 8.78 Å². The summed E-state index contributed by atoms with van der Waals surface area (Å²) in [5.74, 6) is -0.244. The molecule has 0 amide bonds. The van der Waals surface area contributed by atoms with E-state index in [4.69, 9.17) is 10.5 Å². The zero-order valence-electron chi connectivity index (χ0n) is 10.7. The van der Waals surface area contributed by atoms with Crippen LogP contribution < -0.4 is 10.5 Å². The fourth-order valence-corrected chi connectivity index (χ4v) is 2.61. The predicted molar refractivity (Wildman–Crippen MR) is 67.4 cm³/mol. The Labute approximate surface area is 106 Å². The molecule has 2 saturated carbocycles. The molecule has 2 N–H and O–H groups in total. The van der Waals surface area contributed by atoms with E-state index >= 15 is 0 Å². The zero-order valence-corrected chi connectivity index (χ0v) is 10.7. The van der Waals surface area contributed by atoms with Gasteiger partial charge < -0.3 is 10.5 Å². The SMILES string of the molecule is CC.Nc1cc(F)c(OC2CC3CC3C2)c(F)c1. The Morgan fingerprint density at radius 2 is 1.56 bits per heavy atom. The van der Waals surface area contributed by atoms with Crippen LogP contribution in [-0.2, 0) is 0 Å². The lowest BCUT2D eigenvalue weighted by Gasteiger charge is -2.16. The lowest BCUT2D eigenvalue weighted by molar-refractivity contribution is 0.177. The summed E-state index contributed by atoms with van der Waals surface area (Å²) >= 11 is 0. The molecule has 0 heterocycles. The summed E-state index contributed by atoms with van der Waals surface area (Å²) in [6.45, 7) is 4.00. The monoisotopic (exact) mass is 255 g/mol. The van der Waals surface area contributed by atoms with Gasteiger partial charge in [0, 0.05) is 17.8 Å². The molecule has 100 valence electrons. The van der Waals surface area contributed by atoms with Gasteiger partial charge in [0.15, 0.2) is 17.4 Å². The van der Waals surface area contributed by atoms with Gasteiger partial charge in [-0.25, -0.2) is 8.78 Å². The fraction of sp³-hybridized carbons (Fsp3) is 0.571. The van der Waals surface area contributed by atoms with Gasteiger partial charge in [-0.2, -0.15) is 0 Å². The molecule has 0 aliphatic heterocycles. The van der Waals surface area contributed by atoms with Gasteiger partial charge in [0.2, 0.25) is 0 Å². The number of fused-ring (bicyclic) bond motifs is 1. The zero-order chi connectivity index (χ0) is 13.3. The van der Waals surface area contributed by atoms with Crippen LogP contribution in [0.5, 0.6) is 5.75 Å². The average Bonchev–Trinajstić information content (AvgIpc) is 2.94. The quantitative estimate of drug-likeness (QED) is 0.817. The summed E-state index contributed by atoms with van der Waals surface area (Å²) in [7, 11) is 0. The Morgan fingerprint density at radius 3 is 2.06 bits per heavy atom. The van der Waals surface area contributed by atoms with Crippen LogP contribution >= 0.6 is 0 Å². The largest absolute Gasteiger partial charge is 0.484 e. The van der Waals surface area contributed by atoms with Gasteiger partial charge in [-0.15, -0.1) is 0 Å². The highest BCUT2D eigenvalue weighted by Gasteiger charge is 2.47. The van der Waals surface area contributed by atoms with E-state index in [1.165, 1.54) is 6.42 Å². The molecule has 2 atom stereocenters. The molecule has 2 nitrogen and oxygen atoms in total. The Hall–Kier alpha value is -1.32. The molecule has 0 radical (unpaired) electrons. The minimum atomic E-state index is -0.710. The van der Waals surface area contributed by atoms with Crippen molar-refractivity contribution >= 4 is 5.69 Å². The molecule has 4 heteroatoms. The second-order valence-electron chi connectivity index (χ2n) is 4.78. The molecule has 2 aliphatic rings. The minimum absolute atomic E-state index is 0.0311. The smallest absolute Gasteiger partial charge is 0.191 e. The summed E-state index contributed by atoms with van der Waals surface area (Å²) < 4.78 is 32.2. The molecule has 0 spiro atoms. The number of anilines is 1. The molecular formula is C14H19F2NO. The van der Waals surface area contributed by atoms with E-state index in [1.807, 2.05) is 13.8 Å². The molecule has 2 unspecified atom stereocenters. The molecule has 0 aromatic heterocycles. The van der Waals surface area contributed by atoms with Gasteiger partial charge in [-0.3, -0.25) is 0 Å². The second-order valence-corrected chi connectivity index (χ2v) is 4.78. The first-order valence-corrected chi connectivity index (χ1v) is 6.54. The Bertz CT molecular complexity index is 403. The lowest BCUT2D eigenvalue weighted by atomic mass is 10.2. The van der Waals surface area contributed by atoms with E-state index in [-0.39, 0.29) is 17.5 Å². The number of nitrogens with two attached hydrogens (primary N) is 1. The molecule has 0 bridgehead atoms. The summed E-state index contributed by atoms with van der Waals surface area (Å²) in [5, 5.41) is 0. The molecule has 18 heavy (non-hydrogen) atoms. The van der Waals surface area contributed by atoms with Gasteiger partial charge in [-0.1, -0.05) is 13.8 Å². The van der Waals surface area contributed by atoms with E-state index in [1.54, 1.807) is 0 Å². The average molecular weight is 255 g/mol. The second kappa shape index (κ2) is 5.12. The van der Waals surface area contributed by atoms with Gasteiger partial charge in [0.05, 0.1) is 6.10 Å². The van der Waals surface area contributed by atoms with Crippen LogP contribution in [0.3, 0.4) is 0 Å². The van der Waals surface area contributed by atoms with Crippen LogP contribution in [0.25, 0.3) is 0 Å². The van der Waals surface area contributed by atoms with Crippen LogP contribution in [0.4, 0.5) is 14.5 Å². The van der Waals surface area contributed by atoms with Gasteiger partial charge in [-0.05, 0) is 31.1 Å². The van der Waals surface area contributed by atoms with Gasteiger partial charge in [0.25, 0.3) is 0 Å².